The van der Waals surface area contributed by atoms with Crippen LogP contribution in [0.4, 0.5) is 8.78 Å². The molecular formula is C27H25ClF2N4O6S. The van der Waals surface area contributed by atoms with Crippen LogP contribution >= 0.6 is 23.4 Å². The van der Waals surface area contributed by atoms with Gasteiger partial charge in [0.05, 0.1) is 11.8 Å². The Hall–Kier alpha value is -3.57. The van der Waals surface area contributed by atoms with Crippen molar-refractivity contribution in [3.63, 3.8) is 0 Å². The Morgan fingerprint density at radius 3 is 2.49 bits per heavy atom. The third-order valence-electron chi connectivity index (χ3n) is 6.34. The Balaban J connectivity index is 1.80. The first-order valence-electron chi connectivity index (χ1n) is 12.2. The minimum Gasteiger partial charge on any atom is -0.463 e. The summed E-state index contributed by atoms with van der Waals surface area (Å²) in [5, 5.41) is 18.3. The highest BCUT2D eigenvalue weighted by Gasteiger charge is 2.50. The lowest BCUT2D eigenvalue weighted by molar-refractivity contribution is -0.208. The van der Waals surface area contributed by atoms with Crippen LogP contribution in [0, 0.1) is 29.9 Å². The van der Waals surface area contributed by atoms with Crippen molar-refractivity contribution in [1.29, 1.82) is 5.26 Å². The van der Waals surface area contributed by atoms with Crippen LogP contribution in [0.15, 0.2) is 41.4 Å². The molecule has 0 aliphatic carbocycles. The second-order valence-electron chi connectivity index (χ2n) is 9.13. The number of nitrogens with zero attached hydrogens (tertiary/aromatic N) is 4. The number of carbonyl (C=O) groups is 2. The number of hydrogen-bond acceptors (Lipinski definition) is 10. The van der Waals surface area contributed by atoms with E-state index in [9.17, 15) is 23.6 Å². The van der Waals surface area contributed by atoms with E-state index in [-0.39, 0.29) is 23.4 Å². The fraction of sp³-hybridized carbons (Fsp3) is 0.370. The zero-order chi connectivity index (χ0) is 29.8. The predicted molar refractivity (Wildman–Crippen MR) is 143 cm³/mol. The summed E-state index contributed by atoms with van der Waals surface area (Å²) in [6, 6.07) is 8.21. The van der Waals surface area contributed by atoms with E-state index in [1.54, 1.807) is 18.2 Å². The molecule has 2 aromatic carbocycles. The van der Waals surface area contributed by atoms with Crippen molar-refractivity contribution < 1.29 is 37.3 Å². The van der Waals surface area contributed by atoms with Crippen molar-refractivity contribution >= 4 is 35.3 Å². The number of esters is 2. The molecule has 2 heterocycles. The van der Waals surface area contributed by atoms with Crippen LogP contribution in [-0.2, 0) is 28.5 Å². The van der Waals surface area contributed by atoms with E-state index in [0.29, 0.717) is 15.5 Å². The number of carbonyl (C=O) groups excluding carboxylic acids is 2. The Morgan fingerprint density at radius 2 is 1.88 bits per heavy atom. The summed E-state index contributed by atoms with van der Waals surface area (Å²) in [6.45, 7) is 3.46. The lowest BCUT2D eigenvalue weighted by Crippen LogP contribution is -2.57. The second-order valence-corrected chi connectivity index (χ2v) is 10.7. The van der Waals surface area contributed by atoms with Crippen molar-refractivity contribution in [2.24, 2.45) is 0 Å². The summed E-state index contributed by atoms with van der Waals surface area (Å²) in [7, 11) is 1.41. The van der Waals surface area contributed by atoms with Gasteiger partial charge in [-0.25, -0.2) is 13.5 Å². The maximum atomic E-state index is 14.3. The van der Waals surface area contributed by atoms with E-state index in [0.717, 1.165) is 23.9 Å². The van der Waals surface area contributed by atoms with E-state index in [2.05, 4.69) is 16.4 Å². The fourth-order valence-corrected chi connectivity index (χ4v) is 5.90. The van der Waals surface area contributed by atoms with E-state index in [1.807, 2.05) is 0 Å². The number of nitriles is 1. The van der Waals surface area contributed by atoms with Gasteiger partial charge in [0.2, 0.25) is 0 Å². The van der Waals surface area contributed by atoms with Crippen LogP contribution in [0.5, 0.6) is 0 Å². The number of ether oxygens (including phenoxy) is 4. The minimum absolute atomic E-state index is 0.133. The monoisotopic (exact) mass is 606 g/mol. The molecule has 10 nitrogen and oxygen atoms in total. The molecule has 0 amide bonds. The van der Waals surface area contributed by atoms with Gasteiger partial charge >= 0.3 is 11.9 Å². The molecule has 5 unspecified atom stereocenters. The molecule has 0 spiro atoms. The van der Waals surface area contributed by atoms with Gasteiger partial charge in [-0.05, 0) is 37.3 Å². The first-order valence-corrected chi connectivity index (χ1v) is 13.5. The molecule has 0 radical (unpaired) electrons. The Morgan fingerprint density at radius 1 is 1.17 bits per heavy atom. The Bertz CT molecular complexity index is 1480. The number of aromatic nitrogens is 3. The maximum Gasteiger partial charge on any atom is 0.303 e. The summed E-state index contributed by atoms with van der Waals surface area (Å²) >= 11 is 7.32. The van der Waals surface area contributed by atoms with Gasteiger partial charge in [-0.15, -0.1) is 5.10 Å². The molecule has 1 aliphatic rings. The first-order chi connectivity index (χ1) is 19.5. The zero-order valence-corrected chi connectivity index (χ0v) is 23.9. The van der Waals surface area contributed by atoms with Crippen molar-refractivity contribution in [2.75, 3.05) is 13.7 Å². The molecule has 5 atom stereocenters. The summed E-state index contributed by atoms with van der Waals surface area (Å²) in [6.07, 6.45) is -1.54. The SMILES string of the molecule is COC1C(Sc2cc(Cl)ccc2C#N)OC(COC(C)=O)C(OC(C)=O)C1n1cc(-c2cc(F)c(C)c(F)c2)nn1. The molecule has 14 heteroatoms. The highest BCUT2D eigenvalue weighted by Crippen LogP contribution is 2.42. The highest BCUT2D eigenvalue weighted by atomic mass is 35.5. The number of hydrogen-bond donors (Lipinski definition) is 0. The molecule has 1 aliphatic heterocycles. The highest BCUT2D eigenvalue weighted by molar-refractivity contribution is 7.99. The van der Waals surface area contributed by atoms with Gasteiger partial charge in [0.15, 0.2) is 6.10 Å². The lowest BCUT2D eigenvalue weighted by atomic mass is 9.96. The molecule has 4 rings (SSSR count). The quantitative estimate of drug-likeness (QED) is 0.335. The van der Waals surface area contributed by atoms with E-state index in [4.69, 9.17) is 30.5 Å². The minimum atomic E-state index is -1.09. The number of benzene rings is 2. The molecule has 0 N–H and O–H groups in total. The topological polar surface area (TPSA) is 126 Å². The fourth-order valence-electron chi connectivity index (χ4n) is 4.37. The van der Waals surface area contributed by atoms with E-state index < -0.39 is 53.4 Å². The molecule has 41 heavy (non-hydrogen) atoms. The van der Waals surface area contributed by atoms with Crippen LogP contribution in [-0.4, -0.2) is 64.4 Å². The van der Waals surface area contributed by atoms with E-state index in [1.165, 1.54) is 38.8 Å². The normalized spacial score (nSPS) is 22.1. The average molecular weight is 607 g/mol. The number of methoxy groups -OCH3 is 1. The van der Waals surface area contributed by atoms with Crippen LogP contribution < -0.4 is 0 Å². The Kier molecular flexibility index (Phi) is 9.60. The van der Waals surface area contributed by atoms with Crippen LogP contribution in [0.1, 0.15) is 31.0 Å². The van der Waals surface area contributed by atoms with Gasteiger partial charge in [0, 0.05) is 42.0 Å². The standard InChI is InChI=1S/C27H25ClF2N4O6S/c1-13-19(29)7-17(8-20(13)30)21-11-34(33-32-21)24-25(39-15(3)36)22(12-38-14(2)35)40-27(26(24)37-4)41-23-9-18(28)6-5-16(23)10-31/h5-9,11,22,24-27H,12H2,1-4H3. The summed E-state index contributed by atoms with van der Waals surface area (Å²) < 4.78 is 52.9. The molecule has 1 fully saturated rings. The van der Waals surface area contributed by atoms with Crippen molar-refractivity contribution in [2.45, 2.75) is 55.5 Å². The van der Waals surface area contributed by atoms with Crippen LogP contribution in [0.2, 0.25) is 5.02 Å². The lowest BCUT2D eigenvalue weighted by Gasteiger charge is -2.44. The van der Waals surface area contributed by atoms with Crippen molar-refractivity contribution in [3.05, 3.63) is 64.3 Å². The first kappa shape index (κ1) is 30.4. The molecule has 1 saturated heterocycles. The molecule has 0 saturated carbocycles. The number of halogens is 3. The maximum absolute atomic E-state index is 14.3. The van der Waals surface area contributed by atoms with E-state index >= 15 is 0 Å². The van der Waals surface area contributed by atoms with Crippen LogP contribution in [0.25, 0.3) is 11.3 Å². The molecular weight excluding hydrogens is 582 g/mol. The molecule has 3 aromatic rings. The average Bonchev–Trinajstić information content (AvgIpc) is 3.40. The van der Waals surface area contributed by atoms with Gasteiger partial charge in [0.25, 0.3) is 0 Å². The van der Waals surface area contributed by atoms with Gasteiger partial charge in [-0.2, -0.15) is 5.26 Å². The van der Waals surface area contributed by atoms with Gasteiger partial charge < -0.3 is 18.9 Å². The number of thioether (sulfide) groups is 1. The third kappa shape index (κ3) is 6.84. The van der Waals surface area contributed by atoms with Crippen molar-refractivity contribution in [3.8, 4) is 17.3 Å². The summed E-state index contributed by atoms with van der Waals surface area (Å²) in [5.41, 5.74) is -0.370. The second kappa shape index (κ2) is 12.9. The largest absolute Gasteiger partial charge is 0.463 e. The van der Waals surface area contributed by atoms with Crippen LogP contribution in [0.3, 0.4) is 0 Å². The van der Waals surface area contributed by atoms with Crippen molar-refractivity contribution in [1.82, 2.24) is 15.0 Å². The third-order valence-corrected chi connectivity index (χ3v) is 7.78. The Labute approximate surface area is 243 Å². The summed E-state index contributed by atoms with van der Waals surface area (Å²) in [4.78, 5) is 24.3. The zero-order valence-electron chi connectivity index (χ0n) is 22.3. The predicted octanol–water partition coefficient (Wildman–Crippen LogP) is 4.62. The summed E-state index contributed by atoms with van der Waals surface area (Å²) in [5.74, 6) is -2.73. The van der Waals surface area contributed by atoms with Gasteiger partial charge in [-0.1, -0.05) is 28.6 Å². The molecule has 0 bridgehead atoms. The van der Waals surface area contributed by atoms with Gasteiger partial charge in [-0.3, -0.25) is 9.59 Å². The smallest absolute Gasteiger partial charge is 0.303 e. The molecule has 1 aromatic heterocycles. The number of rotatable bonds is 8. The molecule has 216 valence electrons. The van der Waals surface area contributed by atoms with Gasteiger partial charge in [0.1, 0.15) is 53.7 Å².